The molecule has 2 rings (SSSR count). The number of fused-ring (bicyclic) bond motifs is 1. The summed E-state index contributed by atoms with van der Waals surface area (Å²) in [5, 5.41) is 10.4. The Morgan fingerprint density at radius 3 is 2.05 bits per heavy atom. The fraction of sp³-hybridized carbons (Fsp3) is 0.857. The zero-order chi connectivity index (χ0) is 14.0. The molecule has 0 aliphatic heterocycles. The van der Waals surface area contributed by atoms with Gasteiger partial charge in [-0.25, -0.2) is 0 Å². The van der Waals surface area contributed by atoms with Crippen molar-refractivity contribution in [3.05, 3.63) is 0 Å². The third kappa shape index (κ3) is 2.61. The van der Waals surface area contributed by atoms with Crippen molar-refractivity contribution in [1.29, 1.82) is 0 Å². The Morgan fingerprint density at radius 2 is 1.42 bits per heavy atom. The van der Waals surface area contributed by atoms with E-state index in [1.165, 1.54) is 14.2 Å². The van der Waals surface area contributed by atoms with Crippen LogP contribution >= 0.6 is 0 Å². The number of hydrogen-bond acceptors (Lipinski definition) is 5. The van der Waals surface area contributed by atoms with Gasteiger partial charge in [-0.15, -0.1) is 0 Å². The summed E-state index contributed by atoms with van der Waals surface area (Å²) in [7, 11) is 2.73. The lowest BCUT2D eigenvalue weighted by Gasteiger charge is -2.27. The second-order valence-corrected chi connectivity index (χ2v) is 5.59. The average Bonchev–Trinajstić information content (AvgIpc) is 2.85. The van der Waals surface area contributed by atoms with Crippen LogP contribution in [0.25, 0.3) is 0 Å². The van der Waals surface area contributed by atoms with E-state index in [1.54, 1.807) is 0 Å². The first-order chi connectivity index (χ1) is 9.10. The topological polar surface area (TPSA) is 72.8 Å². The normalized spacial score (nSPS) is 38.2. The molecule has 0 bridgehead atoms. The van der Waals surface area contributed by atoms with E-state index >= 15 is 0 Å². The molecule has 19 heavy (non-hydrogen) atoms. The molecule has 0 amide bonds. The predicted molar refractivity (Wildman–Crippen MR) is 67.1 cm³/mol. The summed E-state index contributed by atoms with van der Waals surface area (Å²) in [5.74, 6) is -1.14. The van der Waals surface area contributed by atoms with Gasteiger partial charge in [0.25, 0.3) is 0 Å². The fourth-order valence-corrected chi connectivity index (χ4v) is 3.84. The van der Waals surface area contributed by atoms with E-state index in [4.69, 9.17) is 9.47 Å². The van der Waals surface area contributed by atoms with Gasteiger partial charge in [0, 0.05) is 0 Å². The summed E-state index contributed by atoms with van der Waals surface area (Å²) in [5.41, 5.74) is 0. The monoisotopic (exact) mass is 270 g/mol. The maximum atomic E-state index is 11.9. The Labute approximate surface area is 113 Å². The molecule has 5 nitrogen and oxygen atoms in total. The molecule has 5 heteroatoms. The van der Waals surface area contributed by atoms with Gasteiger partial charge in [-0.2, -0.15) is 0 Å². The van der Waals surface area contributed by atoms with Gasteiger partial charge < -0.3 is 14.6 Å². The maximum Gasteiger partial charge on any atom is 0.311 e. The molecule has 2 aliphatic carbocycles. The molecule has 1 N–H and O–H groups in total. The third-order valence-corrected chi connectivity index (χ3v) is 4.79. The Kier molecular flexibility index (Phi) is 4.45. The lowest BCUT2D eigenvalue weighted by atomic mass is 9.81. The number of methoxy groups -OCH3 is 2. The SMILES string of the molecule is COC(=O)[C@H]1CC[C@@H](C(=O)OC)[C@H](O)[C@H]2CCC[C@@H]21. The van der Waals surface area contributed by atoms with Crippen molar-refractivity contribution in [3.8, 4) is 0 Å². The average molecular weight is 270 g/mol. The van der Waals surface area contributed by atoms with Gasteiger partial charge in [0.2, 0.25) is 0 Å². The van der Waals surface area contributed by atoms with Gasteiger partial charge in [-0.1, -0.05) is 6.42 Å². The highest BCUT2D eigenvalue weighted by atomic mass is 16.5. The van der Waals surface area contributed by atoms with Gasteiger partial charge in [0.05, 0.1) is 32.2 Å². The van der Waals surface area contributed by atoms with E-state index in [1.807, 2.05) is 0 Å². The second kappa shape index (κ2) is 5.90. The standard InChI is InChI=1S/C14H22O5/c1-18-13(16)10-6-7-11(14(17)19-2)12(15)9-5-3-4-8(9)10/h8-12,15H,3-7H2,1-2H3/t8-,9-,10-,11+,12+/m0/s1. The van der Waals surface area contributed by atoms with Crippen molar-refractivity contribution in [3.63, 3.8) is 0 Å². The summed E-state index contributed by atoms with van der Waals surface area (Å²) in [6.45, 7) is 0. The molecule has 2 aliphatic rings. The summed E-state index contributed by atoms with van der Waals surface area (Å²) < 4.78 is 9.65. The number of hydrogen-bond donors (Lipinski definition) is 1. The molecule has 2 fully saturated rings. The quantitative estimate of drug-likeness (QED) is 0.762. The van der Waals surface area contributed by atoms with Crippen LogP contribution in [0.5, 0.6) is 0 Å². The summed E-state index contributed by atoms with van der Waals surface area (Å²) in [6, 6.07) is 0. The first kappa shape index (κ1) is 14.3. The number of carbonyl (C=O) groups excluding carboxylic acids is 2. The van der Waals surface area contributed by atoms with Crippen molar-refractivity contribution in [2.24, 2.45) is 23.7 Å². The third-order valence-electron chi connectivity index (χ3n) is 4.79. The summed E-state index contributed by atoms with van der Waals surface area (Å²) in [6.07, 6.45) is 3.16. The van der Waals surface area contributed by atoms with Crippen molar-refractivity contribution < 1.29 is 24.2 Å². The van der Waals surface area contributed by atoms with Crippen LogP contribution in [0.2, 0.25) is 0 Å². The van der Waals surface area contributed by atoms with Crippen molar-refractivity contribution >= 4 is 11.9 Å². The van der Waals surface area contributed by atoms with Crippen LogP contribution in [0.4, 0.5) is 0 Å². The maximum absolute atomic E-state index is 11.9. The van der Waals surface area contributed by atoms with E-state index in [9.17, 15) is 14.7 Å². The Morgan fingerprint density at radius 1 is 0.895 bits per heavy atom. The summed E-state index contributed by atoms with van der Waals surface area (Å²) in [4.78, 5) is 23.7. The first-order valence-electron chi connectivity index (χ1n) is 6.93. The second-order valence-electron chi connectivity index (χ2n) is 5.59. The van der Waals surface area contributed by atoms with E-state index < -0.39 is 12.0 Å². The zero-order valence-electron chi connectivity index (χ0n) is 11.5. The van der Waals surface area contributed by atoms with Gasteiger partial charge in [0.15, 0.2) is 0 Å². The molecule has 2 saturated carbocycles. The lowest BCUT2D eigenvalue weighted by molar-refractivity contribution is -0.151. The van der Waals surface area contributed by atoms with Crippen LogP contribution < -0.4 is 0 Å². The molecule has 0 heterocycles. The van der Waals surface area contributed by atoms with E-state index in [2.05, 4.69) is 0 Å². The Hall–Kier alpha value is -1.10. The van der Waals surface area contributed by atoms with E-state index in [0.717, 1.165) is 19.3 Å². The molecular weight excluding hydrogens is 248 g/mol. The van der Waals surface area contributed by atoms with Gasteiger partial charge in [0.1, 0.15) is 0 Å². The highest BCUT2D eigenvalue weighted by Gasteiger charge is 2.48. The number of esters is 2. The molecule has 0 aromatic heterocycles. The molecule has 108 valence electrons. The van der Waals surface area contributed by atoms with Crippen LogP contribution in [0, 0.1) is 23.7 Å². The van der Waals surface area contributed by atoms with Crippen LogP contribution in [-0.4, -0.2) is 37.4 Å². The molecule has 0 unspecified atom stereocenters. The number of carbonyl (C=O) groups is 2. The fourth-order valence-electron chi connectivity index (χ4n) is 3.84. The van der Waals surface area contributed by atoms with Crippen molar-refractivity contribution in [2.75, 3.05) is 14.2 Å². The Bertz CT molecular complexity index is 354. The number of ether oxygens (including phenoxy) is 2. The van der Waals surface area contributed by atoms with Crippen LogP contribution in [-0.2, 0) is 19.1 Å². The number of rotatable bonds is 2. The first-order valence-corrected chi connectivity index (χ1v) is 6.93. The molecule has 0 saturated heterocycles. The van der Waals surface area contributed by atoms with Crippen LogP contribution in [0.3, 0.4) is 0 Å². The van der Waals surface area contributed by atoms with Gasteiger partial charge >= 0.3 is 11.9 Å². The largest absolute Gasteiger partial charge is 0.469 e. The van der Waals surface area contributed by atoms with Gasteiger partial charge in [-0.05, 0) is 37.5 Å². The van der Waals surface area contributed by atoms with E-state index in [-0.39, 0.29) is 29.7 Å². The number of aliphatic hydroxyl groups excluding tert-OH is 1. The molecule has 0 aromatic carbocycles. The zero-order valence-corrected chi connectivity index (χ0v) is 11.5. The van der Waals surface area contributed by atoms with Crippen molar-refractivity contribution in [2.45, 2.75) is 38.2 Å². The molecular formula is C14H22O5. The molecule has 0 spiro atoms. The smallest absolute Gasteiger partial charge is 0.311 e. The lowest BCUT2D eigenvalue weighted by Crippen LogP contribution is -2.36. The number of aliphatic hydroxyl groups is 1. The molecule has 5 atom stereocenters. The predicted octanol–water partition coefficient (Wildman–Crippen LogP) is 1.14. The highest BCUT2D eigenvalue weighted by Crippen LogP contribution is 2.46. The minimum absolute atomic E-state index is 0.00991. The van der Waals surface area contributed by atoms with Crippen molar-refractivity contribution in [1.82, 2.24) is 0 Å². The minimum Gasteiger partial charge on any atom is -0.469 e. The molecule has 0 aromatic rings. The molecule has 0 radical (unpaired) electrons. The minimum atomic E-state index is -0.699. The highest BCUT2D eigenvalue weighted by molar-refractivity contribution is 5.75. The summed E-state index contributed by atoms with van der Waals surface area (Å²) >= 11 is 0. The van der Waals surface area contributed by atoms with E-state index in [0.29, 0.717) is 12.8 Å². The van der Waals surface area contributed by atoms with Crippen LogP contribution in [0.15, 0.2) is 0 Å². The van der Waals surface area contributed by atoms with Gasteiger partial charge in [-0.3, -0.25) is 9.59 Å². The van der Waals surface area contributed by atoms with Crippen LogP contribution in [0.1, 0.15) is 32.1 Å². The Balaban J connectivity index is 2.22.